The van der Waals surface area contributed by atoms with E-state index in [0.717, 1.165) is 0 Å². The van der Waals surface area contributed by atoms with E-state index in [-0.39, 0.29) is 37.1 Å². The maximum atomic E-state index is 13.3. The van der Waals surface area contributed by atoms with Crippen molar-refractivity contribution in [1.82, 2.24) is 0 Å². The lowest BCUT2D eigenvalue weighted by atomic mass is 9.45. The number of hydrogen-bond donors (Lipinski definition) is 6. The van der Waals surface area contributed by atoms with E-state index in [1.165, 1.54) is 6.08 Å². The van der Waals surface area contributed by atoms with Crippen LogP contribution < -0.4 is 0 Å². The molecule has 4 aliphatic carbocycles. The van der Waals surface area contributed by atoms with E-state index in [1.54, 1.807) is 20.8 Å². The topological polar surface area (TPSA) is 151 Å². The minimum Gasteiger partial charge on any atom is -0.392 e. The van der Waals surface area contributed by atoms with Gasteiger partial charge in [-0.2, -0.15) is 0 Å². The summed E-state index contributed by atoms with van der Waals surface area (Å²) in [6.45, 7) is 10.9. The van der Waals surface area contributed by atoms with Crippen LogP contribution in [0.1, 0.15) is 73.6 Å². The summed E-state index contributed by atoms with van der Waals surface area (Å²) in [5, 5.41) is 67.0. The third kappa shape index (κ3) is 3.41. The summed E-state index contributed by atoms with van der Waals surface area (Å²) in [6.07, 6.45) is -0.806. The van der Waals surface area contributed by atoms with Crippen LogP contribution in [0.5, 0.6) is 0 Å². The van der Waals surface area contributed by atoms with Gasteiger partial charge in [0.1, 0.15) is 6.10 Å². The fourth-order valence-electron chi connectivity index (χ4n) is 9.00. The van der Waals surface area contributed by atoms with Crippen molar-refractivity contribution < 1.29 is 40.2 Å². The number of ketones is 1. The summed E-state index contributed by atoms with van der Waals surface area (Å²) in [7, 11) is 0. The van der Waals surface area contributed by atoms with Crippen molar-refractivity contribution in [2.24, 2.45) is 34.5 Å². The van der Waals surface area contributed by atoms with Gasteiger partial charge in [0, 0.05) is 23.2 Å². The van der Waals surface area contributed by atoms with Crippen molar-refractivity contribution in [3.8, 4) is 0 Å². The molecule has 0 bridgehead atoms. The van der Waals surface area contributed by atoms with Gasteiger partial charge in [0.05, 0.1) is 41.2 Å². The molecule has 36 heavy (non-hydrogen) atoms. The summed E-state index contributed by atoms with van der Waals surface area (Å²) in [6, 6.07) is 0. The minimum atomic E-state index is -1.40. The molecule has 3 saturated carbocycles. The predicted octanol–water partition coefficient (Wildman–Crippen LogP) is 1.09. The second-order valence-electron chi connectivity index (χ2n) is 13.9. The van der Waals surface area contributed by atoms with Gasteiger partial charge in [-0.05, 0) is 75.9 Å². The second kappa shape index (κ2) is 7.84. The molecule has 1 saturated heterocycles. The monoisotopic (exact) mass is 508 g/mol. The Morgan fingerprint density at radius 2 is 1.69 bits per heavy atom. The Labute approximate surface area is 213 Å². The molecule has 204 valence electrons. The molecule has 1 aliphatic heterocycles. The highest BCUT2D eigenvalue weighted by atomic mass is 16.6. The maximum absolute atomic E-state index is 13.3. The van der Waals surface area contributed by atoms with E-state index in [0.29, 0.717) is 18.4 Å². The number of allylic oxidation sites excluding steroid dienone is 1. The van der Waals surface area contributed by atoms with Crippen LogP contribution >= 0.6 is 0 Å². The van der Waals surface area contributed by atoms with Gasteiger partial charge >= 0.3 is 0 Å². The van der Waals surface area contributed by atoms with Crippen LogP contribution in [0, 0.1) is 34.5 Å². The zero-order valence-corrected chi connectivity index (χ0v) is 22.3. The van der Waals surface area contributed by atoms with Crippen molar-refractivity contribution >= 4 is 5.78 Å². The van der Waals surface area contributed by atoms with E-state index in [9.17, 15) is 35.4 Å². The molecule has 1 heterocycles. The van der Waals surface area contributed by atoms with Crippen LogP contribution in [0.15, 0.2) is 11.6 Å². The molecule has 0 radical (unpaired) electrons. The lowest BCUT2D eigenvalue weighted by Crippen LogP contribution is -2.66. The Morgan fingerprint density at radius 1 is 1.06 bits per heavy atom. The van der Waals surface area contributed by atoms with E-state index in [1.807, 2.05) is 20.8 Å². The quantitative estimate of drug-likeness (QED) is 0.309. The molecule has 0 aromatic heterocycles. The first-order valence-electron chi connectivity index (χ1n) is 13.5. The summed E-state index contributed by atoms with van der Waals surface area (Å²) < 4.78 is 5.92. The Balaban J connectivity index is 1.50. The molecule has 5 aliphatic rings. The lowest BCUT2D eigenvalue weighted by Gasteiger charge is -2.62. The molecule has 8 nitrogen and oxygen atoms in total. The number of rotatable bonds is 4. The van der Waals surface area contributed by atoms with Crippen molar-refractivity contribution in [3.63, 3.8) is 0 Å². The van der Waals surface area contributed by atoms with Gasteiger partial charge in [-0.3, -0.25) is 4.79 Å². The van der Waals surface area contributed by atoms with E-state index < -0.39 is 69.8 Å². The second-order valence-corrected chi connectivity index (χ2v) is 13.9. The van der Waals surface area contributed by atoms with Gasteiger partial charge in [-0.25, -0.2) is 0 Å². The summed E-state index contributed by atoms with van der Waals surface area (Å²) in [4.78, 5) is 13.3. The average Bonchev–Trinajstić information content (AvgIpc) is 3.49. The fourth-order valence-corrected chi connectivity index (χ4v) is 9.00. The molecule has 4 fully saturated rings. The summed E-state index contributed by atoms with van der Waals surface area (Å²) in [5.41, 5.74) is -4.88. The SMILES string of the molecule is CC(C1OC1C(C)(O)C1CCC2(O)C3=CC(=O)C4CC(O)C(O)CC4(C)C3C(O)CC12C)C(C)(C)O. The zero-order valence-electron chi connectivity index (χ0n) is 22.3. The normalized spacial score (nSPS) is 53.0. The number of carbonyl (C=O) groups is 1. The van der Waals surface area contributed by atoms with E-state index in [2.05, 4.69) is 0 Å². The fraction of sp³-hybridized carbons (Fsp3) is 0.893. The number of hydrogen-bond acceptors (Lipinski definition) is 8. The number of aliphatic hydroxyl groups excluding tert-OH is 3. The Hall–Kier alpha value is -0.870. The molecular formula is C28H44O8. The number of carbonyl (C=O) groups excluding carboxylic acids is 1. The van der Waals surface area contributed by atoms with Crippen molar-refractivity contribution in [2.45, 2.75) is 121 Å². The van der Waals surface area contributed by atoms with Crippen LogP contribution in [0.3, 0.4) is 0 Å². The van der Waals surface area contributed by atoms with Crippen LogP contribution in [-0.2, 0) is 9.53 Å². The van der Waals surface area contributed by atoms with Crippen LogP contribution in [0.2, 0.25) is 0 Å². The highest BCUT2D eigenvalue weighted by Gasteiger charge is 2.73. The van der Waals surface area contributed by atoms with Gasteiger partial charge in [-0.15, -0.1) is 0 Å². The molecule has 13 atom stereocenters. The first-order chi connectivity index (χ1) is 16.4. The van der Waals surface area contributed by atoms with Gasteiger partial charge in [0.25, 0.3) is 0 Å². The molecular weight excluding hydrogens is 464 g/mol. The predicted molar refractivity (Wildman–Crippen MR) is 131 cm³/mol. The third-order valence-electron chi connectivity index (χ3n) is 11.5. The molecule has 0 aromatic carbocycles. The molecule has 6 N–H and O–H groups in total. The number of epoxide rings is 1. The summed E-state index contributed by atoms with van der Waals surface area (Å²) >= 11 is 0. The maximum Gasteiger partial charge on any atom is 0.159 e. The smallest absolute Gasteiger partial charge is 0.159 e. The standard InChI is InChI=1S/C28H44O8/c1-13(24(2,3)33)22-23(36-22)27(6,34)20-7-8-28(35)15-10-16(29)14-9-17(30)18(31)11-25(14,4)21(15)19(32)12-26(20,28)5/h10,13-14,17-23,30-35H,7-9,11-12H2,1-6H3. The van der Waals surface area contributed by atoms with E-state index >= 15 is 0 Å². The molecule has 0 aromatic rings. The molecule has 8 heteroatoms. The average molecular weight is 509 g/mol. The van der Waals surface area contributed by atoms with Gasteiger partial charge in [0.2, 0.25) is 0 Å². The van der Waals surface area contributed by atoms with Crippen LogP contribution in [-0.4, -0.2) is 83.7 Å². The van der Waals surface area contributed by atoms with Gasteiger partial charge in [0.15, 0.2) is 5.78 Å². The highest BCUT2D eigenvalue weighted by Crippen LogP contribution is 2.69. The molecule has 13 unspecified atom stereocenters. The molecule has 0 amide bonds. The van der Waals surface area contributed by atoms with Crippen LogP contribution in [0.4, 0.5) is 0 Å². The number of fused-ring (bicyclic) bond motifs is 5. The minimum absolute atomic E-state index is 0.135. The zero-order chi connectivity index (χ0) is 26.8. The first kappa shape index (κ1) is 26.7. The largest absolute Gasteiger partial charge is 0.392 e. The summed E-state index contributed by atoms with van der Waals surface area (Å²) in [5.74, 6) is -1.85. The third-order valence-corrected chi connectivity index (χ3v) is 11.5. The van der Waals surface area contributed by atoms with Gasteiger partial charge in [-0.1, -0.05) is 20.8 Å². The van der Waals surface area contributed by atoms with Crippen molar-refractivity contribution in [1.29, 1.82) is 0 Å². The van der Waals surface area contributed by atoms with E-state index in [4.69, 9.17) is 4.74 Å². The van der Waals surface area contributed by atoms with Crippen LogP contribution in [0.25, 0.3) is 0 Å². The van der Waals surface area contributed by atoms with Gasteiger partial charge < -0.3 is 35.4 Å². The van der Waals surface area contributed by atoms with Crippen molar-refractivity contribution in [2.75, 3.05) is 0 Å². The molecule has 0 spiro atoms. The number of aliphatic hydroxyl groups is 6. The number of ether oxygens (including phenoxy) is 1. The highest BCUT2D eigenvalue weighted by molar-refractivity contribution is 5.95. The molecule has 5 rings (SSSR count). The Kier molecular flexibility index (Phi) is 5.82. The Bertz CT molecular complexity index is 969. The Morgan fingerprint density at radius 3 is 2.31 bits per heavy atom. The lowest BCUT2D eigenvalue weighted by molar-refractivity contribution is -0.185. The van der Waals surface area contributed by atoms with Crippen molar-refractivity contribution in [3.05, 3.63) is 11.6 Å². The first-order valence-corrected chi connectivity index (χ1v) is 13.5.